The molecule has 0 spiro atoms. The number of hydrogen-bond donors (Lipinski definition) is 0. The minimum absolute atomic E-state index is 0.101. The minimum Gasteiger partial charge on any atom is -0.288 e. The van der Waals surface area contributed by atoms with Crippen LogP contribution in [0, 0.1) is 5.82 Å². The molecule has 2 aromatic rings. The highest BCUT2D eigenvalue weighted by Crippen LogP contribution is 2.33. The molecule has 0 saturated heterocycles. The van der Waals surface area contributed by atoms with Crippen LogP contribution in [0.3, 0.4) is 0 Å². The molecule has 0 saturated carbocycles. The number of thiophene rings is 1. The third-order valence-electron chi connectivity index (χ3n) is 1.98. The highest BCUT2D eigenvalue weighted by Gasteiger charge is 2.13. The van der Waals surface area contributed by atoms with Crippen molar-refractivity contribution in [2.75, 3.05) is 0 Å². The maximum absolute atomic E-state index is 12.7. The summed E-state index contributed by atoms with van der Waals surface area (Å²) in [4.78, 5) is 12.6. The number of ketones is 1. The van der Waals surface area contributed by atoms with E-state index >= 15 is 0 Å². The second-order valence-electron chi connectivity index (χ2n) is 3.07. The van der Waals surface area contributed by atoms with Gasteiger partial charge in [-0.3, -0.25) is 4.79 Å². The van der Waals surface area contributed by atoms with Crippen LogP contribution < -0.4 is 0 Å². The smallest absolute Gasteiger partial charge is 0.203 e. The third kappa shape index (κ3) is 2.42. The molecular formula is C11H5Br2FOS. The summed E-state index contributed by atoms with van der Waals surface area (Å²) in [6.07, 6.45) is 0. The first-order valence-corrected chi connectivity index (χ1v) is 6.73. The van der Waals surface area contributed by atoms with Gasteiger partial charge in [0.15, 0.2) is 0 Å². The molecule has 0 N–H and O–H groups in total. The van der Waals surface area contributed by atoms with Crippen LogP contribution in [0.25, 0.3) is 0 Å². The Balaban J connectivity index is 2.35. The van der Waals surface area contributed by atoms with Gasteiger partial charge in [0.05, 0.1) is 8.66 Å². The summed E-state index contributed by atoms with van der Waals surface area (Å²) in [6, 6.07) is 7.29. The van der Waals surface area contributed by atoms with E-state index in [0.717, 1.165) is 8.26 Å². The van der Waals surface area contributed by atoms with Gasteiger partial charge in [0.2, 0.25) is 5.78 Å². The monoisotopic (exact) mass is 362 g/mol. The lowest BCUT2D eigenvalue weighted by molar-refractivity contribution is 0.104. The fourth-order valence-electron chi connectivity index (χ4n) is 1.20. The van der Waals surface area contributed by atoms with Gasteiger partial charge in [-0.2, -0.15) is 0 Å². The number of rotatable bonds is 2. The zero-order valence-corrected chi connectivity index (χ0v) is 11.8. The normalized spacial score (nSPS) is 10.4. The second-order valence-corrected chi connectivity index (χ2v) is 6.29. The number of carbonyl (C=O) groups excluding carboxylic acids is 1. The number of carbonyl (C=O) groups is 1. The molecule has 0 aliphatic rings. The van der Waals surface area contributed by atoms with E-state index in [9.17, 15) is 9.18 Å². The molecule has 1 aromatic carbocycles. The fraction of sp³-hybridized carbons (Fsp3) is 0. The van der Waals surface area contributed by atoms with E-state index in [2.05, 4.69) is 31.9 Å². The van der Waals surface area contributed by atoms with Crippen molar-refractivity contribution in [2.24, 2.45) is 0 Å². The number of hydrogen-bond acceptors (Lipinski definition) is 2. The molecule has 1 nitrogen and oxygen atoms in total. The minimum atomic E-state index is -0.343. The standard InChI is InChI=1S/C11H5Br2FOS/c12-8-5-9(16-11(8)13)10(15)6-1-3-7(14)4-2-6/h1-5H. The van der Waals surface area contributed by atoms with Crippen molar-refractivity contribution in [3.8, 4) is 0 Å². The average molecular weight is 364 g/mol. The quantitative estimate of drug-likeness (QED) is 0.710. The topological polar surface area (TPSA) is 17.1 Å². The number of halogens is 3. The largest absolute Gasteiger partial charge is 0.288 e. The van der Waals surface area contributed by atoms with Gasteiger partial charge in [-0.15, -0.1) is 11.3 Å². The van der Waals surface area contributed by atoms with Crippen LogP contribution in [-0.4, -0.2) is 5.78 Å². The summed E-state index contributed by atoms with van der Waals surface area (Å²) in [5.41, 5.74) is 0.489. The van der Waals surface area contributed by atoms with Crippen molar-refractivity contribution >= 4 is 49.0 Å². The molecule has 0 unspecified atom stereocenters. The van der Waals surface area contributed by atoms with E-state index in [1.807, 2.05) is 0 Å². The van der Waals surface area contributed by atoms with Gasteiger partial charge in [-0.1, -0.05) is 0 Å². The summed E-state index contributed by atoms with van der Waals surface area (Å²) >= 11 is 8.00. The molecule has 82 valence electrons. The van der Waals surface area contributed by atoms with Crippen LogP contribution in [0.15, 0.2) is 38.6 Å². The second kappa shape index (κ2) is 4.77. The van der Waals surface area contributed by atoms with Gasteiger partial charge < -0.3 is 0 Å². The molecule has 0 aliphatic carbocycles. The van der Waals surface area contributed by atoms with Gasteiger partial charge >= 0.3 is 0 Å². The van der Waals surface area contributed by atoms with Crippen LogP contribution in [-0.2, 0) is 0 Å². The van der Waals surface area contributed by atoms with E-state index in [-0.39, 0.29) is 11.6 Å². The first kappa shape index (κ1) is 12.0. The summed E-state index contributed by atoms with van der Waals surface area (Å²) in [7, 11) is 0. The van der Waals surface area contributed by atoms with E-state index in [4.69, 9.17) is 0 Å². The lowest BCUT2D eigenvalue weighted by atomic mass is 10.1. The predicted molar refractivity (Wildman–Crippen MR) is 69.6 cm³/mol. The summed E-state index contributed by atoms with van der Waals surface area (Å²) in [6.45, 7) is 0. The lowest BCUT2D eigenvalue weighted by Crippen LogP contribution is -1.97. The Kier molecular flexibility index (Phi) is 3.56. The van der Waals surface area contributed by atoms with E-state index < -0.39 is 0 Å². The average Bonchev–Trinajstić information content (AvgIpc) is 2.59. The van der Waals surface area contributed by atoms with Crippen molar-refractivity contribution in [1.29, 1.82) is 0 Å². The highest BCUT2D eigenvalue weighted by atomic mass is 79.9. The Bertz CT molecular complexity index is 514. The van der Waals surface area contributed by atoms with Gasteiger partial charge in [0.25, 0.3) is 0 Å². The highest BCUT2D eigenvalue weighted by molar-refractivity contribution is 9.13. The summed E-state index contributed by atoms with van der Waals surface area (Å²) in [5, 5.41) is 0. The van der Waals surface area contributed by atoms with Crippen molar-refractivity contribution < 1.29 is 9.18 Å². The van der Waals surface area contributed by atoms with Crippen LogP contribution in [0.1, 0.15) is 15.2 Å². The van der Waals surface area contributed by atoms with Crippen LogP contribution in [0.2, 0.25) is 0 Å². The molecule has 1 aromatic heterocycles. The van der Waals surface area contributed by atoms with Crippen LogP contribution in [0.4, 0.5) is 4.39 Å². The lowest BCUT2D eigenvalue weighted by Gasteiger charge is -1.96. The first-order valence-electron chi connectivity index (χ1n) is 4.33. The maximum atomic E-state index is 12.7. The van der Waals surface area contributed by atoms with Gasteiger partial charge in [0, 0.05) is 10.0 Å². The van der Waals surface area contributed by atoms with Gasteiger partial charge in [-0.05, 0) is 62.2 Å². The van der Waals surface area contributed by atoms with Crippen molar-refractivity contribution in [3.63, 3.8) is 0 Å². The molecule has 0 aliphatic heterocycles. The van der Waals surface area contributed by atoms with E-state index in [1.165, 1.54) is 35.6 Å². The zero-order valence-electron chi connectivity index (χ0n) is 7.84. The molecule has 16 heavy (non-hydrogen) atoms. The van der Waals surface area contributed by atoms with Crippen molar-refractivity contribution in [2.45, 2.75) is 0 Å². The summed E-state index contributed by atoms with van der Waals surface area (Å²) in [5.74, 6) is -0.443. The molecule has 1 heterocycles. The molecule has 2 rings (SSSR count). The van der Waals surface area contributed by atoms with Gasteiger partial charge in [-0.25, -0.2) is 4.39 Å². The Morgan fingerprint density at radius 1 is 1.19 bits per heavy atom. The fourth-order valence-corrected chi connectivity index (χ4v) is 3.20. The molecule has 0 atom stereocenters. The molecule has 5 heteroatoms. The maximum Gasteiger partial charge on any atom is 0.203 e. The molecule has 0 radical (unpaired) electrons. The molecule has 0 amide bonds. The van der Waals surface area contributed by atoms with Crippen LogP contribution in [0.5, 0.6) is 0 Å². The Morgan fingerprint density at radius 3 is 2.31 bits per heavy atom. The number of benzene rings is 1. The van der Waals surface area contributed by atoms with E-state index in [1.54, 1.807) is 6.07 Å². The molecule has 0 bridgehead atoms. The predicted octanol–water partition coefficient (Wildman–Crippen LogP) is 4.64. The van der Waals surface area contributed by atoms with Gasteiger partial charge in [0.1, 0.15) is 5.82 Å². The Morgan fingerprint density at radius 2 is 1.81 bits per heavy atom. The SMILES string of the molecule is O=C(c1ccc(F)cc1)c1cc(Br)c(Br)s1. The Hall–Kier alpha value is -0.520. The molecule has 0 fully saturated rings. The van der Waals surface area contributed by atoms with Crippen molar-refractivity contribution in [3.05, 3.63) is 54.8 Å². The van der Waals surface area contributed by atoms with E-state index in [0.29, 0.717) is 10.4 Å². The van der Waals surface area contributed by atoms with Crippen molar-refractivity contribution in [1.82, 2.24) is 0 Å². The zero-order chi connectivity index (χ0) is 11.7. The molecular weight excluding hydrogens is 359 g/mol. The summed E-state index contributed by atoms with van der Waals surface area (Å²) < 4.78 is 14.4. The van der Waals surface area contributed by atoms with Crippen LogP contribution >= 0.6 is 43.2 Å². The Labute approximate surface area is 113 Å². The first-order chi connectivity index (χ1) is 7.58. The third-order valence-corrected chi connectivity index (χ3v) is 5.23.